The van der Waals surface area contributed by atoms with Gasteiger partial charge in [0.25, 0.3) is 0 Å². The van der Waals surface area contributed by atoms with E-state index in [1.165, 1.54) is 13.3 Å². The minimum atomic E-state index is -0.929. The van der Waals surface area contributed by atoms with Gasteiger partial charge in [-0.3, -0.25) is 14.2 Å². The third kappa shape index (κ3) is 4.84. The van der Waals surface area contributed by atoms with Gasteiger partial charge in [-0.1, -0.05) is 59.1 Å². The Morgan fingerprint density at radius 1 is 1.29 bits per heavy atom. The van der Waals surface area contributed by atoms with Crippen molar-refractivity contribution in [2.24, 2.45) is 0 Å². The summed E-state index contributed by atoms with van der Waals surface area (Å²) in [6.07, 6.45) is 5.61. The number of aromatic nitrogens is 3. The van der Waals surface area contributed by atoms with E-state index >= 15 is 0 Å². The van der Waals surface area contributed by atoms with E-state index in [0.29, 0.717) is 5.16 Å². The van der Waals surface area contributed by atoms with Crippen molar-refractivity contribution in [3.8, 4) is 11.4 Å². The highest BCUT2D eigenvalue weighted by atomic mass is 79.9. The molecular formula is C20H24BrN3O3S. The fraction of sp³-hybridized carbons (Fsp3) is 0.500. The monoisotopic (exact) mass is 465 g/mol. The highest BCUT2D eigenvalue weighted by Crippen LogP contribution is 2.37. The highest BCUT2D eigenvalue weighted by molar-refractivity contribution is 9.10. The van der Waals surface area contributed by atoms with Crippen LogP contribution in [0, 0.1) is 0 Å². The molecule has 150 valence electrons. The van der Waals surface area contributed by atoms with Gasteiger partial charge < -0.3 is 4.74 Å². The molecule has 0 radical (unpaired) electrons. The van der Waals surface area contributed by atoms with Crippen molar-refractivity contribution in [3.63, 3.8) is 0 Å². The number of hydrogen-bond acceptors (Lipinski definition) is 6. The Morgan fingerprint density at radius 3 is 2.68 bits per heavy atom. The lowest BCUT2D eigenvalue weighted by Crippen LogP contribution is -2.28. The van der Waals surface area contributed by atoms with Gasteiger partial charge in [-0.2, -0.15) is 0 Å². The molecule has 1 fully saturated rings. The van der Waals surface area contributed by atoms with E-state index in [1.807, 2.05) is 24.3 Å². The van der Waals surface area contributed by atoms with Crippen molar-refractivity contribution in [2.75, 3.05) is 6.61 Å². The molecule has 1 aromatic heterocycles. The van der Waals surface area contributed by atoms with E-state index in [9.17, 15) is 9.59 Å². The van der Waals surface area contributed by atoms with Crippen molar-refractivity contribution in [1.29, 1.82) is 0 Å². The van der Waals surface area contributed by atoms with Crippen molar-refractivity contribution >= 4 is 39.4 Å². The average molecular weight is 466 g/mol. The first-order valence-electron chi connectivity index (χ1n) is 9.55. The molecule has 0 bridgehead atoms. The number of halogens is 1. The van der Waals surface area contributed by atoms with E-state index in [-0.39, 0.29) is 18.4 Å². The Hall–Kier alpha value is -1.67. The molecule has 1 saturated carbocycles. The minimum absolute atomic E-state index is 0.238. The number of thioether (sulfide) groups is 1. The van der Waals surface area contributed by atoms with E-state index in [2.05, 4.69) is 30.7 Å². The van der Waals surface area contributed by atoms with Gasteiger partial charge >= 0.3 is 5.97 Å². The van der Waals surface area contributed by atoms with Crippen LogP contribution in [0.4, 0.5) is 0 Å². The Balaban J connectivity index is 2.00. The van der Waals surface area contributed by atoms with E-state index in [4.69, 9.17) is 4.74 Å². The SMILES string of the molecule is CCOC(=O)C(Sc1nnc(-c2cccc(Br)c2)n1C1CCCCC1)C(C)=O. The number of ether oxygens (including phenoxy) is 1. The summed E-state index contributed by atoms with van der Waals surface area (Å²) in [5, 5.41) is 8.45. The third-order valence-corrected chi connectivity index (χ3v) is 6.52. The second kappa shape index (κ2) is 9.69. The first-order valence-corrected chi connectivity index (χ1v) is 11.2. The lowest BCUT2D eigenvalue weighted by atomic mass is 9.95. The first-order chi connectivity index (χ1) is 13.5. The van der Waals surface area contributed by atoms with Gasteiger partial charge in [-0.25, -0.2) is 0 Å². The van der Waals surface area contributed by atoms with Crippen LogP contribution < -0.4 is 0 Å². The molecule has 0 N–H and O–H groups in total. The fourth-order valence-electron chi connectivity index (χ4n) is 3.47. The summed E-state index contributed by atoms with van der Waals surface area (Å²) in [7, 11) is 0. The van der Waals surface area contributed by atoms with Gasteiger partial charge in [0.2, 0.25) is 0 Å². The molecular weight excluding hydrogens is 442 g/mol. The normalized spacial score (nSPS) is 16.0. The van der Waals surface area contributed by atoms with E-state index in [1.54, 1.807) is 6.92 Å². The van der Waals surface area contributed by atoms with Crippen LogP contribution in [0.15, 0.2) is 33.9 Å². The molecule has 28 heavy (non-hydrogen) atoms. The fourth-order valence-corrected chi connectivity index (χ4v) is 4.85. The molecule has 8 heteroatoms. The van der Waals surface area contributed by atoms with Crippen LogP contribution in [0.25, 0.3) is 11.4 Å². The molecule has 0 amide bonds. The van der Waals surface area contributed by atoms with Crippen LogP contribution in [-0.4, -0.2) is 38.4 Å². The number of benzene rings is 1. The summed E-state index contributed by atoms with van der Waals surface area (Å²) in [6.45, 7) is 3.38. The summed E-state index contributed by atoms with van der Waals surface area (Å²) in [4.78, 5) is 24.4. The molecule has 1 aliphatic rings. The maximum absolute atomic E-state index is 12.3. The average Bonchev–Trinajstić information content (AvgIpc) is 3.10. The molecule has 0 saturated heterocycles. The molecule has 1 heterocycles. The van der Waals surface area contributed by atoms with Gasteiger partial charge in [-0.15, -0.1) is 10.2 Å². The summed E-state index contributed by atoms with van der Waals surface area (Å²) >= 11 is 4.65. The molecule has 1 atom stereocenters. The molecule has 0 aliphatic heterocycles. The van der Waals surface area contributed by atoms with Crippen LogP contribution in [-0.2, 0) is 14.3 Å². The standard InChI is InChI=1S/C20H24BrN3O3S/c1-3-27-19(26)17(13(2)25)28-20-23-22-18(14-8-7-9-15(21)12-14)24(20)16-10-5-4-6-11-16/h7-9,12,16-17H,3-6,10-11H2,1-2H3. The quantitative estimate of drug-likeness (QED) is 0.331. The first kappa shape index (κ1) is 21.0. The lowest BCUT2D eigenvalue weighted by molar-refractivity contribution is -0.144. The van der Waals surface area contributed by atoms with Crippen molar-refractivity contribution < 1.29 is 14.3 Å². The van der Waals surface area contributed by atoms with Gasteiger partial charge in [0.1, 0.15) is 0 Å². The number of Topliss-reactive ketones (excluding diaryl/α,β-unsaturated/α-hetero) is 1. The van der Waals surface area contributed by atoms with E-state index < -0.39 is 11.2 Å². The number of nitrogens with zero attached hydrogens (tertiary/aromatic N) is 3. The molecule has 1 aromatic carbocycles. The smallest absolute Gasteiger partial charge is 0.327 e. The van der Waals surface area contributed by atoms with Gasteiger partial charge in [0.05, 0.1) is 6.61 Å². The molecule has 1 aliphatic carbocycles. The summed E-state index contributed by atoms with van der Waals surface area (Å²) < 4.78 is 8.16. The zero-order valence-corrected chi connectivity index (χ0v) is 18.5. The number of esters is 1. The summed E-state index contributed by atoms with van der Waals surface area (Å²) in [5.41, 5.74) is 0.954. The van der Waals surface area contributed by atoms with Gasteiger partial charge in [0.15, 0.2) is 22.0 Å². The number of carbonyl (C=O) groups excluding carboxylic acids is 2. The number of hydrogen-bond donors (Lipinski definition) is 0. The Labute approximate surface area is 177 Å². The topological polar surface area (TPSA) is 74.1 Å². The molecule has 1 unspecified atom stereocenters. The van der Waals surface area contributed by atoms with Crippen molar-refractivity contribution in [3.05, 3.63) is 28.7 Å². The largest absolute Gasteiger partial charge is 0.465 e. The molecule has 6 nitrogen and oxygen atoms in total. The maximum atomic E-state index is 12.3. The van der Waals surface area contributed by atoms with Crippen LogP contribution in [0.2, 0.25) is 0 Å². The zero-order chi connectivity index (χ0) is 20.1. The van der Waals surface area contributed by atoms with Crippen LogP contribution in [0.3, 0.4) is 0 Å². The lowest BCUT2D eigenvalue weighted by Gasteiger charge is -2.26. The molecule has 2 aromatic rings. The predicted molar refractivity (Wildman–Crippen MR) is 112 cm³/mol. The van der Waals surface area contributed by atoms with Gasteiger partial charge in [0, 0.05) is 16.1 Å². The third-order valence-electron chi connectivity index (χ3n) is 4.78. The van der Waals surface area contributed by atoms with Crippen LogP contribution in [0.1, 0.15) is 52.0 Å². The zero-order valence-electron chi connectivity index (χ0n) is 16.1. The van der Waals surface area contributed by atoms with Crippen LogP contribution >= 0.6 is 27.7 Å². The predicted octanol–water partition coefficient (Wildman–Crippen LogP) is 4.83. The second-order valence-corrected chi connectivity index (χ2v) is 8.83. The minimum Gasteiger partial charge on any atom is -0.465 e. The Kier molecular flexibility index (Phi) is 7.29. The number of ketones is 1. The number of rotatable bonds is 7. The highest BCUT2D eigenvalue weighted by Gasteiger charge is 2.31. The Bertz CT molecular complexity index is 849. The number of carbonyl (C=O) groups is 2. The summed E-state index contributed by atoms with van der Waals surface area (Å²) in [6, 6.07) is 8.19. The van der Waals surface area contributed by atoms with Crippen molar-refractivity contribution in [1.82, 2.24) is 14.8 Å². The summed E-state index contributed by atoms with van der Waals surface area (Å²) in [5.74, 6) is -0.00490. The molecule has 3 rings (SSSR count). The van der Waals surface area contributed by atoms with Crippen LogP contribution in [0.5, 0.6) is 0 Å². The maximum Gasteiger partial charge on any atom is 0.327 e. The van der Waals surface area contributed by atoms with Crippen molar-refractivity contribution in [2.45, 2.75) is 62.4 Å². The Morgan fingerprint density at radius 2 is 2.04 bits per heavy atom. The second-order valence-electron chi connectivity index (χ2n) is 6.84. The molecule has 0 spiro atoms. The van der Waals surface area contributed by atoms with E-state index in [0.717, 1.165) is 53.3 Å². The van der Waals surface area contributed by atoms with Gasteiger partial charge in [-0.05, 0) is 38.8 Å².